The molecule has 36 heavy (non-hydrogen) atoms. The molecular weight excluding hydrogens is 492 g/mol. The van der Waals surface area contributed by atoms with Crippen molar-refractivity contribution in [2.75, 3.05) is 12.0 Å². The number of amides is 5. The molecule has 0 heterocycles. The molecule has 198 valence electrons. The van der Waals surface area contributed by atoms with Crippen LogP contribution in [0.15, 0.2) is 30.3 Å². The molecule has 5 amide bonds. The van der Waals surface area contributed by atoms with E-state index in [9.17, 15) is 33.9 Å². The van der Waals surface area contributed by atoms with Crippen LogP contribution in [-0.4, -0.2) is 76.8 Å². The predicted octanol–water partition coefficient (Wildman–Crippen LogP) is -2.40. The molecule has 10 N–H and O–H groups in total. The van der Waals surface area contributed by atoms with E-state index < -0.39 is 72.5 Å². The van der Waals surface area contributed by atoms with Gasteiger partial charge in [0, 0.05) is 6.42 Å². The fourth-order valence-corrected chi connectivity index (χ4v) is 3.57. The fraction of sp³-hybridized carbons (Fsp3) is 0.455. The van der Waals surface area contributed by atoms with Crippen molar-refractivity contribution in [1.29, 1.82) is 0 Å². The van der Waals surface area contributed by atoms with Gasteiger partial charge in [-0.25, -0.2) is 4.79 Å². The van der Waals surface area contributed by atoms with Crippen LogP contribution in [-0.2, 0) is 35.2 Å². The summed E-state index contributed by atoms with van der Waals surface area (Å²) in [5.41, 5.74) is 16.6. The third kappa shape index (κ3) is 11.2. The first-order chi connectivity index (χ1) is 16.9. The Hall–Kier alpha value is -3.65. The SMILES string of the molecule is CSCCC(NC(=O)C(CC(N)=O)NC(=O)C(Cc1ccccc1)NC(=O)C(N)CC(N)=O)C(=O)O. The van der Waals surface area contributed by atoms with Gasteiger partial charge in [0.25, 0.3) is 0 Å². The van der Waals surface area contributed by atoms with Gasteiger partial charge in [-0.05, 0) is 24.0 Å². The van der Waals surface area contributed by atoms with Crippen molar-refractivity contribution in [2.24, 2.45) is 17.2 Å². The molecule has 0 aliphatic carbocycles. The van der Waals surface area contributed by atoms with E-state index >= 15 is 0 Å². The van der Waals surface area contributed by atoms with Crippen LogP contribution in [0.3, 0.4) is 0 Å². The standard InChI is InChI=1S/C22H32N6O7S/c1-36-8-7-14(22(34)35)26-21(33)16(11-18(25)30)28-20(32)15(9-12-5-3-2-4-6-12)27-19(31)13(23)10-17(24)29/h2-6,13-16H,7-11,23H2,1H3,(H2,24,29)(H2,25,30)(H,26,33)(H,27,31)(H,28,32)(H,34,35). The number of benzene rings is 1. The fourth-order valence-electron chi connectivity index (χ4n) is 3.10. The molecular formula is C22H32N6O7S. The number of carbonyl (C=O) groups excluding carboxylic acids is 5. The maximum Gasteiger partial charge on any atom is 0.326 e. The molecule has 0 fully saturated rings. The maximum absolute atomic E-state index is 13.1. The lowest BCUT2D eigenvalue weighted by Crippen LogP contribution is -2.58. The lowest BCUT2D eigenvalue weighted by molar-refractivity contribution is -0.142. The van der Waals surface area contributed by atoms with Crippen LogP contribution >= 0.6 is 11.8 Å². The summed E-state index contributed by atoms with van der Waals surface area (Å²) in [7, 11) is 0. The van der Waals surface area contributed by atoms with Crippen molar-refractivity contribution in [2.45, 2.75) is 49.9 Å². The van der Waals surface area contributed by atoms with Crippen molar-refractivity contribution < 1.29 is 33.9 Å². The number of carboxylic acids is 1. The number of primary amides is 2. The molecule has 0 saturated heterocycles. The van der Waals surface area contributed by atoms with Crippen LogP contribution in [0, 0.1) is 0 Å². The van der Waals surface area contributed by atoms with Crippen LogP contribution in [0.4, 0.5) is 0 Å². The lowest BCUT2D eigenvalue weighted by atomic mass is 10.0. The number of carbonyl (C=O) groups is 6. The highest BCUT2D eigenvalue weighted by molar-refractivity contribution is 7.98. The summed E-state index contributed by atoms with van der Waals surface area (Å²) in [6.45, 7) is 0. The second-order valence-corrected chi connectivity index (χ2v) is 8.93. The number of carboxylic acid groups (broad SMARTS) is 1. The molecule has 0 aliphatic rings. The van der Waals surface area contributed by atoms with Crippen LogP contribution in [0.2, 0.25) is 0 Å². The molecule has 13 nitrogen and oxygen atoms in total. The van der Waals surface area contributed by atoms with Crippen molar-refractivity contribution in [3.05, 3.63) is 35.9 Å². The number of nitrogens with one attached hydrogen (secondary N) is 3. The third-order valence-corrected chi connectivity index (χ3v) is 5.58. The van der Waals surface area contributed by atoms with Gasteiger partial charge in [-0.1, -0.05) is 30.3 Å². The number of thioether (sulfide) groups is 1. The summed E-state index contributed by atoms with van der Waals surface area (Å²) in [4.78, 5) is 72.5. The topological polar surface area (TPSA) is 237 Å². The molecule has 0 aliphatic heterocycles. The van der Waals surface area contributed by atoms with Gasteiger partial charge in [-0.3, -0.25) is 24.0 Å². The minimum Gasteiger partial charge on any atom is -0.480 e. The Bertz CT molecular complexity index is 946. The van der Waals surface area contributed by atoms with E-state index in [1.807, 2.05) is 0 Å². The average Bonchev–Trinajstić information content (AvgIpc) is 2.80. The van der Waals surface area contributed by atoms with Gasteiger partial charge in [0.15, 0.2) is 0 Å². The second-order valence-electron chi connectivity index (χ2n) is 7.94. The molecule has 0 spiro atoms. The minimum absolute atomic E-state index is 0.0158. The predicted molar refractivity (Wildman–Crippen MR) is 132 cm³/mol. The lowest BCUT2D eigenvalue weighted by Gasteiger charge is -2.24. The summed E-state index contributed by atoms with van der Waals surface area (Å²) < 4.78 is 0. The molecule has 0 aromatic heterocycles. The molecule has 4 atom stereocenters. The van der Waals surface area contributed by atoms with E-state index in [-0.39, 0.29) is 12.8 Å². The van der Waals surface area contributed by atoms with E-state index in [1.165, 1.54) is 11.8 Å². The first-order valence-corrected chi connectivity index (χ1v) is 12.3. The van der Waals surface area contributed by atoms with Crippen molar-refractivity contribution in [3.8, 4) is 0 Å². The highest BCUT2D eigenvalue weighted by Crippen LogP contribution is 2.07. The average molecular weight is 525 g/mol. The van der Waals surface area contributed by atoms with Gasteiger partial charge < -0.3 is 38.3 Å². The van der Waals surface area contributed by atoms with E-state index in [1.54, 1.807) is 36.6 Å². The number of nitrogens with two attached hydrogens (primary N) is 3. The van der Waals surface area contributed by atoms with Gasteiger partial charge in [-0.15, -0.1) is 0 Å². The minimum atomic E-state index is -1.50. The van der Waals surface area contributed by atoms with Crippen molar-refractivity contribution in [1.82, 2.24) is 16.0 Å². The van der Waals surface area contributed by atoms with E-state index in [0.717, 1.165) is 0 Å². The first kappa shape index (κ1) is 30.4. The highest BCUT2D eigenvalue weighted by atomic mass is 32.2. The number of rotatable bonds is 16. The van der Waals surface area contributed by atoms with E-state index in [0.29, 0.717) is 11.3 Å². The van der Waals surface area contributed by atoms with Crippen molar-refractivity contribution in [3.63, 3.8) is 0 Å². The number of aliphatic carboxylic acids is 1. The molecule has 0 radical (unpaired) electrons. The Kier molecular flexibility index (Phi) is 13.0. The molecule has 1 rings (SSSR count). The Morgan fingerprint density at radius 2 is 1.36 bits per heavy atom. The zero-order valence-electron chi connectivity index (χ0n) is 19.8. The summed E-state index contributed by atoms with van der Waals surface area (Å²) in [6, 6.07) is 3.27. The molecule has 1 aromatic carbocycles. The molecule has 4 unspecified atom stereocenters. The van der Waals surface area contributed by atoms with E-state index in [4.69, 9.17) is 17.2 Å². The van der Waals surface area contributed by atoms with Gasteiger partial charge in [-0.2, -0.15) is 11.8 Å². The largest absolute Gasteiger partial charge is 0.480 e. The number of hydrogen-bond donors (Lipinski definition) is 7. The zero-order valence-corrected chi connectivity index (χ0v) is 20.6. The number of hydrogen-bond acceptors (Lipinski definition) is 8. The highest BCUT2D eigenvalue weighted by Gasteiger charge is 2.31. The summed E-state index contributed by atoms with van der Waals surface area (Å²) >= 11 is 1.38. The summed E-state index contributed by atoms with van der Waals surface area (Å²) in [6.07, 6.45) is 0.805. The summed E-state index contributed by atoms with van der Waals surface area (Å²) in [5.74, 6) is -5.17. The summed E-state index contributed by atoms with van der Waals surface area (Å²) in [5, 5.41) is 16.4. The van der Waals surface area contributed by atoms with Crippen molar-refractivity contribution >= 4 is 47.3 Å². The molecule has 14 heteroatoms. The molecule has 1 aromatic rings. The molecule has 0 saturated carbocycles. The normalized spacial score (nSPS) is 13.9. The monoisotopic (exact) mass is 524 g/mol. The Labute approximate surface area is 212 Å². The van der Waals surface area contributed by atoms with Gasteiger partial charge >= 0.3 is 5.97 Å². The van der Waals surface area contributed by atoms with E-state index in [2.05, 4.69) is 16.0 Å². The Morgan fingerprint density at radius 1 is 0.833 bits per heavy atom. The third-order valence-electron chi connectivity index (χ3n) is 4.94. The Balaban J connectivity index is 3.09. The van der Waals surface area contributed by atoms with Crippen LogP contribution in [0.5, 0.6) is 0 Å². The van der Waals surface area contributed by atoms with Gasteiger partial charge in [0.05, 0.1) is 18.9 Å². The maximum atomic E-state index is 13.1. The first-order valence-electron chi connectivity index (χ1n) is 10.9. The quantitative estimate of drug-likeness (QED) is 0.122. The Morgan fingerprint density at radius 3 is 1.89 bits per heavy atom. The molecule has 0 bridgehead atoms. The van der Waals surface area contributed by atoms with Crippen LogP contribution in [0.1, 0.15) is 24.8 Å². The van der Waals surface area contributed by atoms with Gasteiger partial charge in [0.2, 0.25) is 29.5 Å². The van der Waals surface area contributed by atoms with Crippen LogP contribution < -0.4 is 33.2 Å². The smallest absolute Gasteiger partial charge is 0.326 e. The van der Waals surface area contributed by atoms with Crippen LogP contribution in [0.25, 0.3) is 0 Å². The van der Waals surface area contributed by atoms with Gasteiger partial charge in [0.1, 0.15) is 18.1 Å². The zero-order chi connectivity index (χ0) is 27.3. The second kappa shape index (κ2) is 15.4.